The smallest absolute Gasteiger partial charge is 0.206 e. The topological polar surface area (TPSA) is 67.6 Å². The van der Waals surface area contributed by atoms with Gasteiger partial charge < -0.3 is 19.5 Å². The maximum absolute atomic E-state index is 15.1. The van der Waals surface area contributed by atoms with Crippen LogP contribution in [0.3, 0.4) is 0 Å². The SMILES string of the molecule is CCCNc1noc2c(F)c(N3CC(C)OC(C)C3)c(C=O)cc12. The number of carbonyl (C=O) groups is 1. The van der Waals surface area contributed by atoms with Crippen LogP contribution < -0.4 is 10.2 Å². The third kappa shape index (κ3) is 2.96. The molecule has 2 aromatic rings. The Kier molecular flexibility index (Phi) is 4.71. The number of hydrogen-bond acceptors (Lipinski definition) is 6. The molecule has 3 rings (SSSR count). The van der Waals surface area contributed by atoms with Crippen molar-refractivity contribution in [1.82, 2.24) is 5.16 Å². The first-order valence-corrected chi connectivity index (χ1v) is 8.26. The number of aldehydes is 1. The third-order valence-electron chi connectivity index (χ3n) is 4.11. The summed E-state index contributed by atoms with van der Waals surface area (Å²) < 4.78 is 26.0. The van der Waals surface area contributed by atoms with Crippen LogP contribution in [0.25, 0.3) is 11.0 Å². The molecule has 7 heteroatoms. The van der Waals surface area contributed by atoms with Gasteiger partial charge in [-0.3, -0.25) is 4.79 Å². The minimum absolute atomic E-state index is 0.0418. The van der Waals surface area contributed by atoms with Crippen LogP contribution in [-0.4, -0.2) is 43.3 Å². The molecule has 1 aliphatic rings. The fourth-order valence-corrected chi connectivity index (χ4v) is 3.19. The van der Waals surface area contributed by atoms with Gasteiger partial charge in [0.25, 0.3) is 0 Å². The normalized spacial score (nSPS) is 21.2. The van der Waals surface area contributed by atoms with Crippen molar-refractivity contribution in [2.45, 2.75) is 39.4 Å². The number of hydrogen-bond donors (Lipinski definition) is 1. The van der Waals surface area contributed by atoms with E-state index in [4.69, 9.17) is 9.26 Å². The summed E-state index contributed by atoms with van der Waals surface area (Å²) in [5.41, 5.74) is 0.628. The number of nitrogens with zero attached hydrogens (tertiary/aromatic N) is 2. The van der Waals surface area contributed by atoms with E-state index in [1.807, 2.05) is 25.7 Å². The zero-order chi connectivity index (χ0) is 17.3. The van der Waals surface area contributed by atoms with Crippen LogP contribution in [0.2, 0.25) is 0 Å². The van der Waals surface area contributed by atoms with Crippen LogP contribution in [0, 0.1) is 5.82 Å². The predicted octanol–water partition coefficient (Wildman–Crippen LogP) is 3.21. The highest BCUT2D eigenvalue weighted by Crippen LogP contribution is 2.35. The number of benzene rings is 1. The number of morpholine rings is 1. The van der Waals surface area contributed by atoms with Gasteiger partial charge in [0.05, 0.1) is 23.3 Å². The lowest BCUT2D eigenvalue weighted by molar-refractivity contribution is -0.00543. The molecule has 1 fully saturated rings. The van der Waals surface area contributed by atoms with E-state index in [1.54, 1.807) is 6.07 Å². The second-order valence-corrected chi connectivity index (χ2v) is 6.24. The molecule has 0 spiro atoms. The maximum Gasteiger partial charge on any atom is 0.206 e. The Morgan fingerprint density at radius 3 is 2.75 bits per heavy atom. The predicted molar refractivity (Wildman–Crippen MR) is 90.4 cm³/mol. The highest BCUT2D eigenvalue weighted by molar-refractivity contribution is 5.98. The summed E-state index contributed by atoms with van der Waals surface area (Å²) in [5.74, 6) is -0.0861. The van der Waals surface area contributed by atoms with Crippen molar-refractivity contribution in [3.8, 4) is 0 Å². The summed E-state index contributed by atoms with van der Waals surface area (Å²) >= 11 is 0. The van der Waals surface area contributed by atoms with Gasteiger partial charge >= 0.3 is 0 Å². The minimum Gasteiger partial charge on any atom is -0.372 e. The van der Waals surface area contributed by atoms with Gasteiger partial charge in [-0.1, -0.05) is 12.1 Å². The zero-order valence-electron chi connectivity index (χ0n) is 14.1. The third-order valence-corrected chi connectivity index (χ3v) is 4.11. The number of rotatable bonds is 5. The highest BCUT2D eigenvalue weighted by Gasteiger charge is 2.29. The molecule has 2 atom stereocenters. The second kappa shape index (κ2) is 6.76. The van der Waals surface area contributed by atoms with Gasteiger partial charge in [0.15, 0.2) is 17.9 Å². The number of anilines is 2. The van der Waals surface area contributed by atoms with Crippen LogP contribution in [-0.2, 0) is 4.74 Å². The Morgan fingerprint density at radius 1 is 1.42 bits per heavy atom. The van der Waals surface area contributed by atoms with Crippen molar-refractivity contribution < 1.29 is 18.4 Å². The van der Waals surface area contributed by atoms with Crippen molar-refractivity contribution in [3.63, 3.8) is 0 Å². The van der Waals surface area contributed by atoms with E-state index in [-0.39, 0.29) is 23.5 Å². The van der Waals surface area contributed by atoms with Crippen LogP contribution >= 0.6 is 0 Å². The quantitative estimate of drug-likeness (QED) is 0.846. The number of ether oxygens (including phenoxy) is 1. The van der Waals surface area contributed by atoms with Crippen molar-refractivity contribution in [2.24, 2.45) is 0 Å². The molecular formula is C17H22FN3O3. The molecule has 0 aliphatic carbocycles. The fraction of sp³-hybridized carbons (Fsp3) is 0.529. The number of aromatic nitrogens is 1. The average molecular weight is 335 g/mol. The Balaban J connectivity index is 2.08. The first-order chi connectivity index (χ1) is 11.5. The van der Waals surface area contributed by atoms with E-state index in [1.165, 1.54) is 0 Å². The van der Waals surface area contributed by atoms with Crippen molar-refractivity contribution >= 4 is 28.8 Å². The van der Waals surface area contributed by atoms with Gasteiger partial charge in [-0.25, -0.2) is 4.39 Å². The maximum atomic E-state index is 15.1. The molecule has 2 unspecified atom stereocenters. The Hall–Kier alpha value is -2.15. The molecule has 0 radical (unpaired) electrons. The van der Waals surface area contributed by atoms with Gasteiger partial charge in [-0.15, -0.1) is 0 Å². The first-order valence-electron chi connectivity index (χ1n) is 8.26. The molecule has 24 heavy (non-hydrogen) atoms. The van der Waals surface area contributed by atoms with Gasteiger partial charge in [0.1, 0.15) is 0 Å². The second-order valence-electron chi connectivity index (χ2n) is 6.24. The molecular weight excluding hydrogens is 313 g/mol. The molecule has 0 amide bonds. The number of halogens is 1. The van der Waals surface area contributed by atoms with E-state index in [0.29, 0.717) is 42.7 Å². The molecule has 1 aromatic heterocycles. The molecule has 0 saturated carbocycles. The zero-order valence-corrected chi connectivity index (χ0v) is 14.1. The van der Waals surface area contributed by atoms with Crippen LogP contribution in [0.4, 0.5) is 15.9 Å². The average Bonchev–Trinajstić information content (AvgIpc) is 2.94. The molecule has 2 heterocycles. The summed E-state index contributed by atoms with van der Waals surface area (Å²) in [5, 5.41) is 7.48. The van der Waals surface area contributed by atoms with Gasteiger partial charge in [0, 0.05) is 25.2 Å². The van der Waals surface area contributed by atoms with Crippen molar-refractivity contribution in [1.29, 1.82) is 0 Å². The summed E-state index contributed by atoms with van der Waals surface area (Å²) in [6.07, 6.45) is 1.50. The molecule has 1 N–H and O–H groups in total. The molecule has 1 aliphatic heterocycles. The number of carbonyl (C=O) groups excluding carboxylic acids is 1. The summed E-state index contributed by atoms with van der Waals surface area (Å²) in [6.45, 7) is 7.61. The van der Waals surface area contributed by atoms with Crippen LogP contribution in [0.15, 0.2) is 10.6 Å². The first kappa shape index (κ1) is 16.7. The highest BCUT2D eigenvalue weighted by atomic mass is 19.1. The summed E-state index contributed by atoms with van der Waals surface area (Å²) in [6, 6.07) is 1.64. The van der Waals surface area contributed by atoms with Crippen molar-refractivity contribution in [2.75, 3.05) is 29.9 Å². The van der Waals surface area contributed by atoms with E-state index < -0.39 is 5.82 Å². The van der Waals surface area contributed by atoms with E-state index in [2.05, 4.69) is 10.5 Å². The lowest BCUT2D eigenvalue weighted by Gasteiger charge is -2.37. The summed E-state index contributed by atoms with van der Waals surface area (Å²) in [4.78, 5) is 13.4. The number of fused-ring (bicyclic) bond motifs is 1. The molecule has 1 saturated heterocycles. The lowest BCUT2D eigenvalue weighted by Crippen LogP contribution is -2.46. The van der Waals surface area contributed by atoms with Crippen LogP contribution in [0.5, 0.6) is 0 Å². The number of nitrogens with one attached hydrogen (secondary N) is 1. The molecule has 130 valence electrons. The Bertz CT molecular complexity index is 736. The standard InChI is InChI=1S/C17H22FN3O3/c1-4-5-19-17-13-6-12(9-22)15(14(18)16(13)24-20-17)21-7-10(2)23-11(3)8-21/h6,9-11H,4-5,7-8H2,1-3H3,(H,19,20). The van der Waals surface area contributed by atoms with Gasteiger partial charge in [0.2, 0.25) is 5.58 Å². The van der Waals surface area contributed by atoms with E-state index >= 15 is 4.39 Å². The summed E-state index contributed by atoms with van der Waals surface area (Å²) in [7, 11) is 0. The molecule has 6 nitrogen and oxygen atoms in total. The Morgan fingerprint density at radius 2 is 2.12 bits per heavy atom. The minimum atomic E-state index is -0.548. The fourth-order valence-electron chi connectivity index (χ4n) is 3.19. The lowest BCUT2D eigenvalue weighted by atomic mass is 10.1. The van der Waals surface area contributed by atoms with Gasteiger partial charge in [-0.2, -0.15) is 0 Å². The Labute approximate surface area is 139 Å². The van der Waals surface area contributed by atoms with Gasteiger partial charge in [-0.05, 0) is 26.3 Å². The largest absolute Gasteiger partial charge is 0.372 e. The van der Waals surface area contributed by atoms with E-state index in [9.17, 15) is 4.79 Å². The molecule has 1 aromatic carbocycles. The monoisotopic (exact) mass is 335 g/mol. The van der Waals surface area contributed by atoms with Crippen LogP contribution in [0.1, 0.15) is 37.6 Å². The van der Waals surface area contributed by atoms with E-state index in [0.717, 1.165) is 6.42 Å². The van der Waals surface area contributed by atoms with Crippen molar-refractivity contribution in [3.05, 3.63) is 17.4 Å². The molecule has 0 bridgehead atoms.